The molecule has 2 aromatic heterocycles. The fourth-order valence-electron chi connectivity index (χ4n) is 3.81. The van der Waals surface area contributed by atoms with E-state index in [1.54, 1.807) is 24.3 Å². The minimum absolute atomic E-state index is 0.200. The average molecular weight is 430 g/mol. The number of para-hydroxylation sites is 2. The quantitative estimate of drug-likeness (QED) is 0.282. The second kappa shape index (κ2) is 7.48. The smallest absolute Gasteiger partial charge is 0.308 e. The predicted molar refractivity (Wildman–Crippen MR) is 120 cm³/mol. The fraction of sp³-hybridized carbons (Fsp3) is 0.130. The first kappa shape index (κ1) is 19.2. The fourth-order valence-corrected chi connectivity index (χ4v) is 4.80. The van der Waals surface area contributed by atoms with E-state index in [0.717, 1.165) is 16.8 Å². The molecule has 31 heavy (non-hydrogen) atoms. The lowest BCUT2D eigenvalue weighted by Gasteiger charge is -2.15. The van der Waals surface area contributed by atoms with E-state index in [9.17, 15) is 9.59 Å². The van der Waals surface area contributed by atoms with Crippen LogP contribution in [0.4, 0.5) is 5.69 Å². The van der Waals surface area contributed by atoms with E-state index >= 15 is 0 Å². The third kappa shape index (κ3) is 3.21. The highest BCUT2D eigenvalue weighted by Crippen LogP contribution is 2.34. The van der Waals surface area contributed by atoms with E-state index < -0.39 is 5.97 Å². The highest BCUT2D eigenvalue weighted by atomic mass is 32.1. The van der Waals surface area contributed by atoms with Gasteiger partial charge >= 0.3 is 5.97 Å². The van der Waals surface area contributed by atoms with Gasteiger partial charge in [0.05, 0.1) is 5.56 Å². The Bertz CT molecular complexity index is 1450. The van der Waals surface area contributed by atoms with Crippen molar-refractivity contribution in [3.63, 3.8) is 0 Å². The van der Waals surface area contributed by atoms with Crippen LogP contribution in [0.5, 0.6) is 5.75 Å². The summed E-state index contributed by atoms with van der Waals surface area (Å²) in [7, 11) is 0. The van der Waals surface area contributed by atoms with Gasteiger partial charge in [0, 0.05) is 36.8 Å². The number of fused-ring (bicyclic) bond motifs is 2. The first-order valence-corrected chi connectivity index (χ1v) is 10.5. The molecule has 0 fully saturated rings. The monoisotopic (exact) mass is 430 g/mol. The highest BCUT2D eigenvalue weighted by molar-refractivity contribution is 7.15. The zero-order valence-electron chi connectivity index (χ0n) is 16.7. The molecule has 0 amide bonds. The number of carbonyl (C=O) groups is 1. The molecule has 2 aromatic carbocycles. The van der Waals surface area contributed by atoms with Crippen LogP contribution in [0.2, 0.25) is 0 Å². The van der Waals surface area contributed by atoms with Gasteiger partial charge < -0.3 is 9.64 Å². The second-order valence-electron chi connectivity index (χ2n) is 7.12. The summed E-state index contributed by atoms with van der Waals surface area (Å²) in [4.78, 5) is 31.9. The number of hydrogen-bond acceptors (Lipinski definition) is 7. The Kier molecular flexibility index (Phi) is 4.63. The van der Waals surface area contributed by atoms with Crippen LogP contribution in [0, 0.1) is 0 Å². The molecule has 0 aliphatic carbocycles. The first-order valence-electron chi connectivity index (χ1n) is 9.72. The number of hydrogen-bond donors (Lipinski definition) is 0. The highest BCUT2D eigenvalue weighted by Gasteiger charge is 2.25. The van der Waals surface area contributed by atoms with Gasteiger partial charge in [-0.25, -0.2) is 0 Å². The molecule has 1 aliphatic heterocycles. The number of anilines is 1. The van der Waals surface area contributed by atoms with Gasteiger partial charge in [-0.1, -0.05) is 47.7 Å². The largest absolute Gasteiger partial charge is 0.426 e. The van der Waals surface area contributed by atoms with Crippen molar-refractivity contribution < 1.29 is 9.53 Å². The normalized spacial score (nSPS) is 14.7. The molecule has 0 bridgehead atoms. The SMILES string of the molecule is C=CCN1C/C(=c2\sc3nc(-c4ccccc4OC(C)=O)nn3c2=O)c2ccccc21. The summed E-state index contributed by atoms with van der Waals surface area (Å²) in [5, 5.41) is 4.42. The molecule has 0 saturated carbocycles. The molecule has 8 heteroatoms. The Labute approximate surface area is 181 Å². The zero-order valence-corrected chi connectivity index (χ0v) is 17.6. The molecule has 7 nitrogen and oxygen atoms in total. The molecule has 0 N–H and O–H groups in total. The van der Waals surface area contributed by atoms with Crippen LogP contribution >= 0.6 is 11.3 Å². The molecule has 4 aromatic rings. The van der Waals surface area contributed by atoms with Crippen molar-refractivity contribution in [2.45, 2.75) is 6.92 Å². The second-order valence-corrected chi connectivity index (χ2v) is 8.10. The molecule has 0 saturated heterocycles. The number of nitrogens with zero attached hydrogens (tertiary/aromatic N) is 4. The van der Waals surface area contributed by atoms with E-state index in [-0.39, 0.29) is 5.56 Å². The molecule has 1 aliphatic rings. The van der Waals surface area contributed by atoms with Crippen molar-refractivity contribution in [1.29, 1.82) is 0 Å². The van der Waals surface area contributed by atoms with Gasteiger partial charge in [0.2, 0.25) is 4.96 Å². The molecule has 0 unspecified atom stereocenters. The number of ether oxygens (including phenoxy) is 1. The van der Waals surface area contributed by atoms with Gasteiger partial charge in [-0.05, 0) is 18.2 Å². The third-order valence-electron chi connectivity index (χ3n) is 5.08. The van der Waals surface area contributed by atoms with Gasteiger partial charge in [-0.15, -0.1) is 11.7 Å². The summed E-state index contributed by atoms with van der Waals surface area (Å²) in [6.07, 6.45) is 1.85. The van der Waals surface area contributed by atoms with E-state index in [1.165, 1.54) is 22.8 Å². The summed E-state index contributed by atoms with van der Waals surface area (Å²) < 4.78 is 7.22. The van der Waals surface area contributed by atoms with Crippen LogP contribution < -0.4 is 19.7 Å². The number of esters is 1. The van der Waals surface area contributed by atoms with Crippen molar-refractivity contribution in [3.8, 4) is 17.1 Å². The topological polar surface area (TPSA) is 76.8 Å². The third-order valence-corrected chi connectivity index (χ3v) is 6.15. The van der Waals surface area contributed by atoms with Gasteiger partial charge in [-0.2, -0.15) is 9.50 Å². The maximum atomic E-state index is 13.2. The maximum absolute atomic E-state index is 13.2. The van der Waals surface area contributed by atoms with Crippen LogP contribution in [0.25, 0.3) is 21.9 Å². The first-order chi connectivity index (χ1) is 15.1. The van der Waals surface area contributed by atoms with Gasteiger partial charge in [-0.3, -0.25) is 9.59 Å². The van der Waals surface area contributed by atoms with E-state index in [4.69, 9.17) is 4.74 Å². The standard InChI is InChI=1S/C23H18N4O3S/c1-3-12-26-13-17(15-8-4-6-10-18(15)26)20-22(29)27-23(31-20)24-21(25-27)16-9-5-7-11-19(16)30-14(2)28/h3-11H,1,12-13H2,2H3/b20-17+. The summed E-state index contributed by atoms with van der Waals surface area (Å²) in [6.45, 7) is 6.51. The number of rotatable bonds is 4. The molecule has 5 rings (SSSR count). The van der Waals surface area contributed by atoms with E-state index in [0.29, 0.717) is 39.7 Å². The zero-order chi connectivity index (χ0) is 21.5. The lowest BCUT2D eigenvalue weighted by molar-refractivity contribution is -0.131. The van der Waals surface area contributed by atoms with Crippen molar-refractivity contribution in [2.24, 2.45) is 0 Å². The predicted octanol–water partition coefficient (Wildman–Crippen LogP) is 2.67. The van der Waals surface area contributed by atoms with Crippen molar-refractivity contribution in [2.75, 3.05) is 18.0 Å². The van der Waals surface area contributed by atoms with Gasteiger partial charge in [0.1, 0.15) is 10.3 Å². The Balaban J connectivity index is 1.65. The Morgan fingerprint density at radius 3 is 2.68 bits per heavy atom. The summed E-state index contributed by atoms with van der Waals surface area (Å²) in [5.74, 6) is 0.276. The molecule has 3 heterocycles. The summed E-state index contributed by atoms with van der Waals surface area (Å²) in [5.41, 5.74) is 3.47. The van der Waals surface area contributed by atoms with E-state index in [1.807, 2.05) is 24.3 Å². The molecule has 0 spiro atoms. The number of benzene rings is 2. The molecular formula is C23H18N4O3S. The Morgan fingerprint density at radius 2 is 1.94 bits per heavy atom. The minimum Gasteiger partial charge on any atom is -0.426 e. The van der Waals surface area contributed by atoms with Crippen LogP contribution in [0.1, 0.15) is 12.5 Å². The number of carbonyl (C=O) groups excluding carboxylic acids is 1. The Hall–Kier alpha value is -3.78. The van der Waals surface area contributed by atoms with Crippen molar-refractivity contribution in [1.82, 2.24) is 14.6 Å². The van der Waals surface area contributed by atoms with Crippen molar-refractivity contribution in [3.05, 3.63) is 81.6 Å². The van der Waals surface area contributed by atoms with Crippen molar-refractivity contribution >= 4 is 33.5 Å². The summed E-state index contributed by atoms with van der Waals surface area (Å²) >= 11 is 1.32. The summed E-state index contributed by atoms with van der Waals surface area (Å²) in [6, 6.07) is 15.1. The van der Waals surface area contributed by atoms with Crippen LogP contribution in [0.3, 0.4) is 0 Å². The van der Waals surface area contributed by atoms with Crippen LogP contribution in [-0.2, 0) is 4.79 Å². The van der Waals surface area contributed by atoms with Crippen LogP contribution in [-0.4, -0.2) is 33.7 Å². The maximum Gasteiger partial charge on any atom is 0.308 e. The molecule has 0 radical (unpaired) electrons. The number of thiazole rings is 1. The molecule has 0 atom stereocenters. The lowest BCUT2D eigenvalue weighted by atomic mass is 10.1. The molecule has 154 valence electrons. The minimum atomic E-state index is -0.430. The Morgan fingerprint density at radius 1 is 1.19 bits per heavy atom. The van der Waals surface area contributed by atoms with Gasteiger partial charge in [0.15, 0.2) is 5.82 Å². The molecular weight excluding hydrogens is 412 g/mol. The van der Waals surface area contributed by atoms with Crippen LogP contribution in [0.15, 0.2) is 66.0 Å². The van der Waals surface area contributed by atoms with Gasteiger partial charge in [0.25, 0.3) is 5.56 Å². The lowest BCUT2D eigenvalue weighted by Crippen LogP contribution is -2.28. The number of aromatic nitrogens is 3. The average Bonchev–Trinajstić information content (AvgIpc) is 3.41. The van der Waals surface area contributed by atoms with E-state index in [2.05, 4.69) is 27.6 Å².